The summed E-state index contributed by atoms with van der Waals surface area (Å²) in [5.74, 6) is -6.32. The molecule has 0 fully saturated rings. The molecule has 326 valence electrons. The Kier molecular flexibility index (Phi) is 16.0. The first-order chi connectivity index (χ1) is 30.3. The largest absolute Gasteiger partial charge is 0.449 e. The fraction of sp³-hybridized carbons (Fsp3) is 0.302. The van der Waals surface area contributed by atoms with Gasteiger partial charge in [-0.25, -0.2) is 4.79 Å². The Hall–Kier alpha value is -8.08. The Bertz CT molecular complexity index is 2460. The van der Waals surface area contributed by atoms with E-state index in [9.17, 15) is 38.4 Å². The zero-order valence-electron chi connectivity index (χ0n) is 33.8. The number of primary amides is 2. The number of nitrogens with zero attached hydrogens (tertiary/aromatic N) is 4. The van der Waals surface area contributed by atoms with Crippen molar-refractivity contribution < 1.29 is 52.7 Å². The van der Waals surface area contributed by atoms with Crippen LogP contribution in [-0.4, -0.2) is 105 Å². The van der Waals surface area contributed by atoms with Gasteiger partial charge in [0.1, 0.15) is 30.8 Å². The van der Waals surface area contributed by atoms with Gasteiger partial charge in [0.2, 0.25) is 41.1 Å². The number of alkyl carbamates (subject to hydrolysis) is 1. The Morgan fingerprint density at radius 3 is 1.73 bits per heavy atom. The van der Waals surface area contributed by atoms with Crippen molar-refractivity contribution >= 4 is 70.5 Å². The summed E-state index contributed by atoms with van der Waals surface area (Å²) >= 11 is 0. The maximum Gasteiger partial charge on any atom is 0.407 e. The lowest BCUT2D eigenvalue weighted by Crippen LogP contribution is -2.54. The molecule has 20 heteroatoms. The summed E-state index contributed by atoms with van der Waals surface area (Å²) in [5.41, 5.74) is 33.8. The quantitative estimate of drug-likeness (QED) is 0.0319. The Morgan fingerprint density at radius 2 is 1.16 bits per heavy atom. The molecule has 63 heavy (non-hydrogen) atoms. The number of Topliss-reactive ketones (excluding diaryl/α,β-unsaturated/α-hetero) is 2. The van der Waals surface area contributed by atoms with Crippen LogP contribution in [0.15, 0.2) is 79.0 Å². The number of carbonyl (C=O) groups excluding carboxylic acids is 8. The second-order valence-electron chi connectivity index (χ2n) is 14.7. The number of H-pyrrole nitrogens is 1. The van der Waals surface area contributed by atoms with Crippen LogP contribution >= 0.6 is 0 Å². The minimum atomic E-state index is -1.48. The van der Waals surface area contributed by atoms with Gasteiger partial charge >= 0.3 is 18.5 Å². The molecule has 9 N–H and O–H groups in total. The molecule has 4 aromatic rings. The maximum atomic E-state index is 14.0. The van der Waals surface area contributed by atoms with Gasteiger partial charge in [-0.1, -0.05) is 66.7 Å². The normalized spacial score (nSPS) is 13.3. The number of aromatic nitrogens is 1. The number of fused-ring (bicyclic) bond motifs is 4. The molecule has 1 aliphatic rings. The third-order valence-corrected chi connectivity index (χ3v) is 10.4. The number of ketones is 2. The minimum Gasteiger partial charge on any atom is -0.449 e. The highest BCUT2D eigenvalue weighted by Crippen LogP contribution is 2.44. The number of aromatic amines is 1. The van der Waals surface area contributed by atoms with Crippen molar-refractivity contribution in [3.63, 3.8) is 0 Å². The average Bonchev–Trinajstić information content (AvgIpc) is 3.82. The van der Waals surface area contributed by atoms with E-state index >= 15 is 0 Å². The van der Waals surface area contributed by atoms with Crippen LogP contribution in [-0.2, 0) is 44.7 Å². The molecule has 0 saturated heterocycles. The predicted molar refractivity (Wildman–Crippen MR) is 225 cm³/mol. The molecule has 0 unspecified atom stereocenters. The van der Waals surface area contributed by atoms with Crippen LogP contribution in [0.4, 0.5) is 4.79 Å². The number of benzene rings is 3. The lowest BCUT2D eigenvalue weighted by atomic mass is 9.98. The number of nitrogens with two attached hydrogens (primary N) is 2. The number of amides is 6. The summed E-state index contributed by atoms with van der Waals surface area (Å²) in [6.07, 6.45) is -0.317. The van der Waals surface area contributed by atoms with Gasteiger partial charge in [0, 0.05) is 48.7 Å². The van der Waals surface area contributed by atoms with Crippen LogP contribution in [0.5, 0.6) is 0 Å². The molecule has 0 bridgehead atoms. The summed E-state index contributed by atoms with van der Waals surface area (Å²) in [5, 5.41) is 10.7. The van der Waals surface area contributed by atoms with E-state index in [-0.39, 0.29) is 44.6 Å². The first kappa shape index (κ1) is 46.0. The molecule has 0 saturated carbocycles. The molecule has 3 aromatic carbocycles. The zero-order chi connectivity index (χ0) is 45.5. The first-order valence-electron chi connectivity index (χ1n) is 19.8. The smallest absolute Gasteiger partial charge is 0.407 e. The molecule has 5 rings (SSSR count). The molecule has 0 aliphatic heterocycles. The van der Waals surface area contributed by atoms with Gasteiger partial charge in [-0.3, -0.25) is 33.6 Å². The van der Waals surface area contributed by atoms with E-state index in [0.29, 0.717) is 18.0 Å². The topological polar surface area (TPSA) is 335 Å². The number of nitrogens with one attached hydrogen (secondary N) is 5. The van der Waals surface area contributed by atoms with Gasteiger partial charge in [-0.2, -0.15) is 9.58 Å². The van der Waals surface area contributed by atoms with E-state index in [1.54, 1.807) is 6.20 Å². The monoisotopic (exact) mass is 859 g/mol. The molecule has 1 aliphatic carbocycles. The molecular formula is C43H45N11O9. The Balaban J connectivity index is 1.26. The third-order valence-electron chi connectivity index (χ3n) is 10.4. The Labute approximate surface area is 359 Å². The molecule has 4 atom stereocenters. The van der Waals surface area contributed by atoms with Crippen LogP contribution < -0.4 is 32.7 Å². The van der Waals surface area contributed by atoms with E-state index in [1.165, 1.54) is 0 Å². The highest BCUT2D eigenvalue weighted by atomic mass is 16.5. The molecule has 1 heterocycles. The van der Waals surface area contributed by atoms with Crippen LogP contribution in [0.2, 0.25) is 0 Å². The van der Waals surface area contributed by atoms with E-state index in [4.69, 9.17) is 27.3 Å². The van der Waals surface area contributed by atoms with Crippen molar-refractivity contribution in [2.24, 2.45) is 11.5 Å². The van der Waals surface area contributed by atoms with Crippen LogP contribution in [0.1, 0.15) is 61.1 Å². The number of hydrogen-bond donors (Lipinski definition) is 7. The molecule has 20 nitrogen and oxygen atoms in total. The van der Waals surface area contributed by atoms with E-state index in [0.717, 1.165) is 33.2 Å². The lowest BCUT2D eigenvalue weighted by molar-refractivity contribution is -0.132. The molecule has 0 radical (unpaired) electrons. The van der Waals surface area contributed by atoms with Gasteiger partial charge in [0.05, 0.1) is 0 Å². The Morgan fingerprint density at radius 1 is 0.651 bits per heavy atom. The summed E-state index contributed by atoms with van der Waals surface area (Å²) in [6.45, 7) is -0.0364. The number of rotatable bonds is 23. The van der Waals surface area contributed by atoms with Crippen LogP contribution in [0.3, 0.4) is 0 Å². The van der Waals surface area contributed by atoms with Crippen molar-refractivity contribution in [1.82, 2.24) is 26.3 Å². The lowest BCUT2D eigenvalue weighted by Gasteiger charge is -2.23. The molecular weight excluding hydrogens is 815 g/mol. The van der Waals surface area contributed by atoms with Gasteiger partial charge in [-0.05, 0) is 53.1 Å². The van der Waals surface area contributed by atoms with Crippen molar-refractivity contribution in [2.45, 2.75) is 75.0 Å². The summed E-state index contributed by atoms with van der Waals surface area (Å²) < 4.78 is 5.72. The predicted octanol–water partition coefficient (Wildman–Crippen LogP) is 1.12. The SMILES string of the molecule is [N-]=[N+]=CC(=O)CC[C@H](NC(=O)[C@H](CCC(=O)C=[N+]=[N-])NC(=O)CC[C@H](NC(=O)[C@H](Cc1c[nH]c2ccccc12)NC(=O)OCC1c2ccccc2-c2ccccc21)C(N)=O)C(N)=O. The molecule has 6 amide bonds. The minimum absolute atomic E-state index is 0.0364. The fourth-order valence-corrected chi connectivity index (χ4v) is 7.27. The number of para-hydroxylation sites is 1. The van der Waals surface area contributed by atoms with Crippen molar-refractivity contribution in [1.29, 1.82) is 0 Å². The van der Waals surface area contributed by atoms with Crippen molar-refractivity contribution in [2.75, 3.05) is 6.61 Å². The number of carbonyl (C=O) groups is 8. The third kappa shape index (κ3) is 12.5. The number of hydrogen-bond acceptors (Lipinski definition) is 9. The summed E-state index contributed by atoms with van der Waals surface area (Å²) in [7, 11) is 0. The van der Waals surface area contributed by atoms with E-state index in [1.807, 2.05) is 72.8 Å². The first-order valence-corrected chi connectivity index (χ1v) is 19.8. The molecule has 1 aromatic heterocycles. The zero-order valence-corrected chi connectivity index (χ0v) is 33.8. The molecule has 0 spiro atoms. The highest BCUT2D eigenvalue weighted by Gasteiger charge is 2.32. The van der Waals surface area contributed by atoms with Gasteiger partial charge < -0.3 is 53.5 Å². The standard InChI is InChI=1S/C43H45N11O9/c44-39(58)34(15-13-25(55)21-49-46)52-41(60)36(16-14-26(56)22-50-47)51-38(57)18-17-35(40(45)59)53-42(61)37(19-24-20-48-33-12-6-5-7-27(24)33)54-43(62)63-23-32-30-10-3-1-8-28(30)29-9-2-4-11-31(29)32/h1-12,20-22,32,34-37,48H,13-19,23H2,(H2,44,58)(H2,45,59)(H,51,57)(H,52,60)(H,53,61)(H,54,62)/t34-,35-,36-,37-/m0/s1. The van der Waals surface area contributed by atoms with Crippen molar-refractivity contribution in [3.05, 3.63) is 107 Å². The van der Waals surface area contributed by atoms with Crippen molar-refractivity contribution in [3.8, 4) is 11.1 Å². The fourth-order valence-electron chi connectivity index (χ4n) is 7.27. The van der Waals surface area contributed by atoms with Gasteiger partial charge in [0.15, 0.2) is 0 Å². The second-order valence-corrected chi connectivity index (χ2v) is 14.7. The van der Waals surface area contributed by atoms with Crippen LogP contribution in [0, 0.1) is 0 Å². The highest BCUT2D eigenvalue weighted by molar-refractivity contribution is 6.25. The van der Waals surface area contributed by atoms with Gasteiger partial charge in [0.25, 0.3) is 0 Å². The number of ether oxygens (including phenoxy) is 1. The van der Waals surface area contributed by atoms with E-state index < -0.39 is 84.2 Å². The van der Waals surface area contributed by atoms with Gasteiger partial charge in [-0.15, -0.1) is 0 Å². The summed E-state index contributed by atoms with van der Waals surface area (Å²) in [6, 6.07) is 17.3. The second kappa shape index (κ2) is 22.0. The van der Waals surface area contributed by atoms with E-state index in [2.05, 4.69) is 35.8 Å². The summed E-state index contributed by atoms with van der Waals surface area (Å²) in [4.78, 5) is 111. The van der Waals surface area contributed by atoms with Crippen LogP contribution in [0.25, 0.3) is 33.1 Å². The maximum absolute atomic E-state index is 14.0. The average molecular weight is 860 g/mol.